The van der Waals surface area contributed by atoms with Crippen LogP contribution in [0.2, 0.25) is 5.02 Å². The maximum atomic E-state index is 14.5. The molecule has 4 aromatic rings. The second-order valence-electron chi connectivity index (χ2n) is 8.34. The third-order valence-electron chi connectivity index (χ3n) is 5.51. The van der Waals surface area contributed by atoms with Gasteiger partial charge in [0.15, 0.2) is 5.13 Å². The summed E-state index contributed by atoms with van der Waals surface area (Å²) in [6.07, 6.45) is 3.38. The van der Waals surface area contributed by atoms with E-state index in [1.165, 1.54) is 47.4 Å². The summed E-state index contributed by atoms with van der Waals surface area (Å²) in [5.41, 5.74) is 0.503. The molecule has 40 heavy (non-hydrogen) atoms. The van der Waals surface area contributed by atoms with Crippen LogP contribution in [-0.2, 0) is 9.59 Å². The Labute approximate surface area is 243 Å². The second-order valence-corrected chi connectivity index (χ2v) is 10.9. The van der Waals surface area contributed by atoms with Gasteiger partial charge >= 0.3 is 0 Å². The van der Waals surface area contributed by atoms with Gasteiger partial charge in [0.1, 0.15) is 11.5 Å². The van der Waals surface area contributed by atoms with Crippen LogP contribution in [0.5, 0.6) is 0 Å². The molecular formula is C29H24ClFN4O3S2. The molecule has 0 fully saturated rings. The molecule has 7 nitrogen and oxygen atoms in total. The minimum absolute atomic E-state index is 0.0379. The Kier molecular flexibility index (Phi) is 10.1. The number of nitrogens with zero attached hydrogens (tertiary/aromatic N) is 1. The summed E-state index contributed by atoms with van der Waals surface area (Å²) in [4.78, 5) is 43.8. The van der Waals surface area contributed by atoms with Crippen LogP contribution in [0.4, 0.5) is 15.2 Å². The van der Waals surface area contributed by atoms with Gasteiger partial charge in [0.25, 0.3) is 11.8 Å². The lowest BCUT2D eigenvalue weighted by Crippen LogP contribution is -2.30. The standard InChI is InChI=1S/C29H24ClFN4O3S2/c1-2-25(28(38)35-29-32-14-15-39-29)40-20-11-6-10-19(16-20)33-27(37)24(17-21-22(30)12-7-13-23(21)31)34-26(36)18-8-4-3-5-9-18/h3-17,25H,2H2,1H3,(H,33,37)(H,34,36)(H,32,35,38)/b24-17+. The Balaban J connectivity index is 1.54. The van der Waals surface area contributed by atoms with E-state index in [4.69, 9.17) is 11.6 Å². The molecule has 0 spiro atoms. The van der Waals surface area contributed by atoms with Crippen LogP contribution < -0.4 is 16.0 Å². The predicted octanol–water partition coefficient (Wildman–Crippen LogP) is 6.85. The van der Waals surface area contributed by atoms with E-state index in [2.05, 4.69) is 20.9 Å². The maximum Gasteiger partial charge on any atom is 0.272 e. The third kappa shape index (κ3) is 7.78. The zero-order valence-electron chi connectivity index (χ0n) is 21.2. The first-order valence-corrected chi connectivity index (χ1v) is 14.3. The van der Waals surface area contributed by atoms with Crippen molar-refractivity contribution in [1.82, 2.24) is 10.3 Å². The van der Waals surface area contributed by atoms with Crippen molar-refractivity contribution in [3.05, 3.63) is 112 Å². The van der Waals surface area contributed by atoms with Gasteiger partial charge in [0.05, 0.1) is 10.3 Å². The lowest BCUT2D eigenvalue weighted by atomic mass is 10.1. The minimum Gasteiger partial charge on any atom is -0.321 e. The van der Waals surface area contributed by atoms with Gasteiger partial charge in [-0.15, -0.1) is 23.1 Å². The van der Waals surface area contributed by atoms with Crippen molar-refractivity contribution in [2.45, 2.75) is 23.5 Å². The fourth-order valence-corrected chi connectivity index (χ4v) is 5.30. The molecule has 0 aliphatic rings. The molecule has 1 heterocycles. The number of hydrogen-bond acceptors (Lipinski definition) is 6. The number of benzene rings is 3. The fraction of sp³-hybridized carbons (Fsp3) is 0.103. The van der Waals surface area contributed by atoms with Crippen molar-refractivity contribution >= 4 is 69.3 Å². The van der Waals surface area contributed by atoms with E-state index in [1.807, 2.05) is 13.0 Å². The second kappa shape index (κ2) is 13.9. The molecule has 0 bridgehead atoms. The van der Waals surface area contributed by atoms with E-state index in [1.54, 1.807) is 60.1 Å². The van der Waals surface area contributed by atoms with Crippen molar-refractivity contribution in [3.63, 3.8) is 0 Å². The van der Waals surface area contributed by atoms with Crippen LogP contribution in [0.25, 0.3) is 6.08 Å². The van der Waals surface area contributed by atoms with E-state index in [0.29, 0.717) is 22.8 Å². The SMILES string of the molecule is CCC(Sc1cccc(NC(=O)/C(=C\c2c(F)cccc2Cl)NC(=O)c2ccccc2)c1)C(=O)Nc1nccs1. The maximum absolute atomic E-state index is 14.5. The summed E-state index contributed by atoms with van der Waals surface area (Å²) in [7, 11) is 0. The molecule has 0 aliphatic carbocycles. The average Bonchev–Trinajstić information content (AvgIpc) is 3.46. The molecule has 0 saturated carbocycles. The predicted molar refractivity (Wildman–Crippen MR) is 159 cm³/mol. The molecule has 4 rings (SSSR count). The molecule has 0 saturated heterocycles. The topological polar surface area (TPSA) is 100 Å². The first kappa shape index (κ1) is 29.0. The van der Waals surface area contributed by atoms with Crippen molar-refractivity contribution in [1.29, 1.82) is 0 Å². The van der Waals surface area contributed by atoms with Gasteiger partial charge in [-0.3, -0.25) is 14.4 Å². The number of halogens is 2. The molecule has 1 aromatic heterocycles. The summed E-state index contributed by atoms with van der Waals surface area (Å²) in [5.74, 6) is -2.05. The van der Waals surface area contributed by atoms with Gasteiger partial charge < -0.3 is 16.0 Å². The first-order chi connectivity index (χ1) is 19.3. The molecule has 3 aromatic carbocycles. The van der Waals surface area contributed by atoms with Crippen molar-refractivity contribution < 1.29 is 18.8 Å². The van der Waals surface area contributed by atoms with Gasteiger partial charge in [-0.25, -0.2) is 9.37 Å². The van der Waals surface area contributed by atoms with E-state index < -0.39 is 22.9 Å². The number of carbonyl (C=O) groups is 3. The molecule has 0 radical (unpaired) electrons. The lowest BCUT2D eigenvalue weighted by molar-refractivity contribution is -0.116. The van der Waals surface area contributed by atoms with E-state index in [-0.39, 0.29) is 22.2 Å². The van der Waals surface area contributed by atoms with Crippen LogP contribution in [0.15, 0.2) is 95.0 Å². The van der Waals surface area contributed by atoms with Crippen LogP contribution in [0.1, 0.15) is 29.3 Å². The van der Waals surface area contributed by atoms with E-state index >= 15 is 0 Å². The van der Waals surface area contributed by atoms with E-state index in [9.17, 15) is 18.8 Å². The third-order valence-corrected chi connectivity index (χ3v) is 7.89. The van der Waals surface area contributed by atoms with Crippen molar-refractivity contribution in [2.75, 3.05) is 10.6 Å². The normalized spacial score (nSPS) is 11.9. The van der Waals surface area contributed by atoms with E-state index in [0.717, 1.165) is 4.90 Å². The monoisotopic (exact) mass is 594 g/mol. The van der Waals surface area contributed by atoms with Crippen molar-refractivity contribution in [2.24, 2.45) is 0 Å². The zero-order valence-corrected chi connectivity index (χ0v) is 23.6. The molecule has 11 heteroatoms. The number of thioether (sulfide) groups is 1. The van der Waals surface area contributed by atoms with Gasteiger partial charge in [-0.1, -0.05) is 48.9 Å². The molecule has 1 atom stereocenters. The summed E-state index contributed by atoms with van der Waals surface area (Å²) in [5, 5.41) is 10.1. The molecule has 0 aliphatic heterocycles. The minimum atomic E-state index is -0.681. The highest BCUT2D eigenvalue weighted by Crippen LogP contribution is 2.29. The average molecular weight is 595 g/mol. The number of rotatable bonds is 10. The molecule has 204 valence electrons. The van der Waals surface area contributed by atoms with Crippen LogP contribution in [0, 0.1) is 5.82 Å². The Morgan fingerprint density at radius 1 is 1.05 bits per heavy atom. The number of thiazole rings is 1. The summed E-state index contributed by atoms with van der Waals surface area (Å²) < 4.78 is 14.5. The number of carbonyl (C=O) groups excluding carboxylic acids is 3. The highest BCUT2D eigenvalue weighted by atomic mass is 35.5. The molecule has 3 amide bonds. The highest BCUT2D eigenvalue weighted by Gasteiger charge is 2.20. The Morgan fingerprint density at radius 3 is 2.52 bits per heavy atom. The quantitative estimate of drug-likeness (QED) is 0.138. The van der Waals surface area contributed by atoms with Gasteiger partial charge in [0, 0.05) is 33.3 Å². The highest BCUT2D eigenvalue weighted by molar-refractivity contribution is 8.00. The lowest BCUT2D eigenvalue weighted by Gasteiger charge is -2.15. The van der Waals surface area contributed by atoms with Crippen LogP contribution in [0.3, 0.4) is 0 Å². The Morgan fingerprint density at radius 2 is 1.82 bits per heavy atom. The van der Waals surface area contributed by atoms with Gasteiger partial charge in [0.2, 0.25) is 5.91 Å². The zero-order chi connectivity index (χ0) is 28.5. The molecular weight excluding hydrogens is 571 g/mol. The largest absolute Gasteiger partial charge is 0.321 e. The summed E-state index contributed by atoms with van der Waals surface area (Å²) in [6, 6.07) is 19.4. The number of aromatic nitrogens is 1. The van der Waals surface area contributed by atoms with Crippen molar-refractivity contribution in [3.8, 4) is 0 Å². The number of anilines is 2. The van der Waals surface area contributed by atoms with Gasteiger partial charge in [-0.05, 0) is 55.0 Å². The van der Waals surface area contributed by atoms with Crippen LogP contribution in [-0.4, -0.2) is 28.0 Å². The number of amides is 3. The number of nitrogens with one attached hydrogen (secondary N) is 3. The Hall–Kier alpha value is -3.99. The van der Waals surface area contributed by atoms with Gasteiger partial charge in [-0.2, -0.15) is 0 Å². The molecule has 1 unspecified atom stereocenters. The van der Waals surface area contributed by atoms with Crippen LogP contribution >= 0.6 is 34.7 Å². The summed E-state index contributed by atoms with van der Waals surface area (Å²) in [6.45, 7) is 1.91. The summed E-state index contributed by atoms with van der Waals surface area (Å²) >= 11 is 8.86. The smallest absolute Gasteiger partial charge is 0.272 e. The fourth-order valence-electron chi connectivity index (χ4n) is 3.54. The first-order valence-electron chi connectivity index (χ1n) is 12.1. The molecule has 3 N–H and O–H groups in total. The Bertz CT molecular complexity index is 1510. The number of hydrogen-bond donors (Lipinski definition) is 3.